The molecule has 0 unspecified atom stereocenters. The molecule has 1 amide bonds. The highest BCUT2D eigenvalue weighted by atomic mass is 127. The molecule has 1 aromatic heterocycles. The Morgan fingerprint density at radius 2 is 1.74 bits per heavy atom. The summed E-state index contributed by atoms with van der Waals surface area (Å²) in [5.41, 5.74) is 1.30. The van der Waals surface area contributed by atoms with Crippen molar-refractivity contribution in [2.45, 2.75) is 26.3 Å². The second-order valence-corrected chi connectivity index (χ2v) is 9.40. The molecule has 0 radical (unpaired) electrons. The van der Waals surface area contributed by atoms with Crippen molar-refractivity contribution in [3.05, 3.63) is 67.1 Å². The predicted molar refractivity (Wildman–Crippen MR) is 127 cm³/mol. The molecular weight excluding hydrogens is 556 g/mol. The molecule has 3 rings (SSSR count). The average molecular weight is 574 g/mol. The second kappa shape index (κ2) is 9.13. The second-order valence-electron chi connectivity index (χ2n) is 7.51. The number of carbonyl (C=O) groups excluding carboxylic acids is 2. The Labute approximate surface area is 202 Å². The zero-order valence-corrected chi connectivity index (χ0v) is 20.2. The van der Waals surface area contributed by atoms with Gasteiger partial charge in [0.2, 0.25) is 0 Å². The summed E-state index contributed by atoms with van der Waals surface area (Å²) in [5.74, 6) is -1.51. The minimum Gasteiger partial charge on any atom is -0.480 e. The van der Waals surface area contributed by atoms with Crippen molar-refractivity contribution in [2.75, 3.05) is 5.32 Å². The number of carboxylic acids is 1. The number of anilines is 1. The molecule has 0 spiro atoms. The third-order valence-electron chi connectivity index (χ3n) is 4.96. The lowest BCUT2D eigenvalue weighted by Gasteiger charge is -2.38. The molecule has 1 atom stereocenters. The van der Waals surface area contributed by atoms with Crippen LogP contribution in [0.5, 0.6) is 0 Å². The van der Waals surface area contributed by atoms with Crippen molar-refractivity contribution in [1.82, 2.24) is 10.3 Å². The van der Waals surface area contributed by atoms with E-state index in [2.05, 4.69) is 15.6 Å². The first-order valence-corrected chi connectivity index (χ1v) is 11.0. The van der Waals surface area contributed by atoms with Crippen LogP contribution < -0.4 is 10.6 Å². The Morgan fingerprint density at radius 1 is 1.16 bits per heavy atom. The molecule has 0 saturated heterocycles. The number of carboxylic acid groups (broad SMARTS) is 1. The van der Waals surface area contributed by atoms with E-state index >= 15 is 0 Å². The van der Waals surface area contributed by atoms with Crippen LogP contribution in [0.1, 0.15) is 29.8 Å². The average Bonchev–Trinajstić information content (AvgIpc) is 2.71. The van der Waals surface area contributed by atoms with E-state index in [1.165, 1.54) is 12.4 Å². The molecule has 10 heteroatoms. The van der Waals surface area contributed by atoms with E-state index in [1.807, 2.05) is 22.6 Å². The van der Waals surface area contributed by atoms with Crippen molar-refractivity contribution < 1.29 is 19.5 Å². The number of rotatable bonds is 7. The summed E-state index contributed by atoms with van der Waals surface area (Å²) in [6.45, 7) is 3.52. The monoisotopic (exact) mass is 573 g/mol. The molecule has 31 heavy (non-hydrogen) atoms. The fraction of sp³-hybridized carbons (Fsp3) is 0.238. The number of halogens is 3. The maximum absolute atomic E-state index is 12.5. The van der Waals surface area contributed by atoms with Crippen LogP contribution in [0.15, 0.2) is 45.9 Å². The first-order chi connectivity index (χ1) is 14.5. The van der Waals surface area contributed by atoms with Gasteiger partial charge < -0.3 is 15.7 Å². The number of allylic oxidation sites excluding steroid dienone is 2. The van der Waals surface area contributed by atoms with Crippen molar-refractivity contribution >= 4 is 69.1 Å². The summed E-state index contributed by atoms with van der Waals surface area (Å²) in [4.78, 5) is 40.0. The molecule has 0 aliphatic heterocycles. The Kier molecular flexibility index (Phi) is 6.92. The molecule has 162 valence electrons. The smallest absolute Gasteiger partial charge is 0.326 e. The van der Waals surface area contributed by atoms with Crippen LogP contribution in [-0.4, -0.2) is 33.8 Å². The van der Waals surface area contributed by atoms with E-state index in [0.717, 1.165) is 5.56 Å². The third-order valence-corrected chi connectivity index (χ3v) is 6.56. The van der Waals surface area contributed by atoms with Gasteiger partial charge in [-0.3, -0.25) is 14.6 Å². The number of nitrogens with zero attached hydrogens (tertiary/aromatic N) is 1. The quantitative estimate of drug-likeness (QED) is 0.421. The Bertz CT molecular complexity index is 1080. The van der Waals surface area contributed by atoms with Crippen molar-refractivity contribution in [3.8, 4) is 0 Å². The fourth-order valence-corrected chi connectivity index (χ4v) is 5.15. The highest BCUT2D eigenvalue weighted by Gasteiger charge is 2.46. The van der Waals surface area contributed by atoms with Crippen molar-refractivity contribution in [1.29, 1.82) is 0 Å². The molecule has 1 heterocycles. The van der Waals surface area contributed by atoms with Crippen molar-refractivity contribution in [3.63, 3.8) is 0 Å². The van der Waals surface area contributed by atoms with Gasteiger partial charge in [-0.05, 0) is 54.1 Å². The summed E-state index contributed by atoms with van der Waals surface area (Å²) in [5, 5.41) is 15.6. The Hall–Kier alpha value is -2.17. The van der Waals surface area contributed by atoms with Gasteiger partial charge in [-0.2, -0.15) is 0 Å². The van der Waals surface area contributed by atoms with E-state index in [1.54, 1.807) is 38.1 Å². The molecular formula is C21H18Cl2IN3O4. The molecule has 0 fully saturated rings. The summed E-state index contributed by atoms with van der Waals surface area (Å²) in [6, 6.07) is 5.87. The highest BCUT2D eigenvalue weighted by molar-refractivity contribution is 14.1. The Balaban J connectivity index is 1.70. The minimum absolute atomic E-state index is 0.00534. The van der Waals surface area contributed by atoms with Gasteiger partial charge in [0.05, 0.1) is 24.6 Å². The molecule has 2 aromatic rings. The number of pyridine rings is 1. The molecule has 0 saturated carbocycles. The lowest BCUT2D eigenvalue weighted by atomic mass is 9.74. The van der Waals surface area contributed by atoms with E-state index < -0.39 is 23.3 Å². The highest BCUT2D eigenvalue weighted by Crippen LogP contribution is 2.44. The van der Waals surface area contributed by atoms with E-state index in [4.69, 9.17) is 23.2 Å². The van der Waals surface area contributed by atoms with Crippen LogP contribution in [0.3, 0.4) is 0 Å². The number of hydrogen-bond acceptors (Lipinski definition) is 5. The number of ketones is 1. The van der Waals surface area contributed by atoms with E-state index in [0.29, 0.717) is 15.0 Å². The van der Waals surface area contributed by atoms with Crippen LogP contribution in [-0.2, 0) is 16.0 Å². The van der Waals surface area contributed by atoms with Crippen LogP contribution >= 0.6 is 45.8 Å². The van der Waals surface area contributed by atoms with Crippen LogP contribution in [0.2, 0.25) is 10.0 Å². The van der Waals surface area contributed by atoms with Gasteiger partial charge in [0.1, 0.15) is 6.04 Å². The van der Waals surface area contributed by atoms with Crippen molar-refractivity contribution in [2.24, 2.45) is 5.41 Å². The van der Waals surface area contributed by atoms with Gasteiger partial charge in [-0.1, -0.05) is 35.3 Å². The van der Waals surface area contributed by atoms with E-state index in [-0.39, 0.29) is 27.8 Å². The number of carbonyl (C=O) groups is 3. The van der Waals surface area contributed by atoms with Gasteiger partial charge in [0.25, 0.3) is 5.91 Å². The lowest BCUT2D eigenvalue weighted by Crippen LogP contribution is -2.50. The van der Waals surface area contributed by atoms with Crippen LogP contribution in [0.4, 0.5) is 5.69 Å². The van der Waals surface area contributed by atoms with Crippen LogP contribution in [0, 0.1) is 5.41 Å². The maximum atomic E-state index is 12.5. The minimum atomic E-state index is -1.02. The summed E-state index contributed by atoms with van der Waals surface area (Å²) >= 11 is 13.9. The number of amides is 1. The SMILES string of the molecule is CC1(C)C(=O)C(I)=C1N[C@@H](Cc1ccc(NC(=O)c2c(Cl)cncc2Cl)cc1)C(=O)O. The largest absolute Gasteiger partial charge is 0.480 e. The normalized spacial score (nSPS) is 15.8. The maximum Gasteiger partial charge on any atom is 0.326 e. The number of aliphatic carboxylic acids is 1. The lowest BCUT2D eigenvalue weighted by molar-refractivity contribution is -0.139. The third kappa shape index (κ3) is 4.86. The zero-order chi connectivity index (χ0) is 22.9. The standard InChI is InChI=1S/C21H18Cl2IN3O4/c1-21(2)17(16(24)18(21)28)27-14(20(30)31)7-10-3-5-11(6-4-10)26-19(29)15-12(22)8-25-9-13(15)23/h3-6,8-9,14,27H,7H2,1-2H3,(H,26,29)(H,30,31)/t14-/m0/s1. The molecule has 3 N–H and O–H groups in total. The Morgan fingerprint density at radius 3 is 2.26 bits per heavy atom. The number of benzene rings is 1. The fourth-order valence-electron chi connectivity index (χ4n) is 3.11. The van der Waals surface area contributed by atoms with Gasteiger partial charge in [-0.15, -0.1) is 0 Å². The molecule has 0 bridgehead atoms. The van der Waals surface area contributed by atoms with Gasteiger partial charge in [-0.25, -0.2) is 4.79 Å². The van der Waals surface area contributed by atoms with E-state index in [9.17, 15) is 19.5 Å². The predicted octanol–water partition coefficient (Wildman–Crippen LogP) is 4.48. The molecule has 1 aromatic carbocycles. The number of hydrogen-bond donors (Lipinski definition) is 3. The van der Waals surface area contributed by atoms with Gasteiger partial charge in [0, 0.05) is 30.2 Å². The number of Topliss-reactive ketones (excluding diaryl/α,β-unsaturated/α-hetero) is 1. The first kappa shape index (κ1) is 23.5. The molecule has 1 aliphatic rings. The number of nitrogens with one attached hydrogen (secondary N) is 2. The summed E-state index contributed by atoms with van der Waals surface area (Å²) in [6.07, 6.45) is 2.86. The van der Waals surface area contributed by atoms with Gasteiger partial charge in [0.15, 0.2) is 5.78 Å². The topological polar surface area (TPSA) is 108 Å². The first-order valence-electron chi connectivity index (χ1n) is 9.16. The molecule has 7 nitrogen and oxygen atoms in total. The molecule has 1 aliphatic carbocycles. The zero-order valence-electron chi connectivity index (χ0n) is 16.5. The number of aromatic nitrogens is 1. The van der Waals surface area contributed by atoms with Crippen LogP contribution in [0.25, 0.3) is 0 Å². The summed E-state index contributed by atoms with van der Waals surface area (Å²) in [7, 11) is 0. The van der Waals surface area contributed by atoms with Gasteiger partial charge >= 0.3 is 5.97 Å². The summed E-state index contributed by atoms with van der Waals surface area (Å²) < 4.78 is 0.528.